The maximum atomic E-state index is 13.6. The first-order valence-corrected chi connectivity index (χ1v) is 5.95. The van der Waals surface area contributed by atoms with Gasteiger partial charge in [-0.3, -0.25) is 9.59 Å². The van der Waals surface area contributed by atoms with Gasteiger partial charge in [-0.05, 0) is 37.3 Å². The second kappa shape index (κ2) is 5.52. The highest BCUT2D eigenvalue weighted by molar-refractivity contribution is 6.05. The van der Waals surface area contributed by atoms with Gasteiger partial charge in [-0.25, -0.2) is 4.39 Å². The smallest absolute Gasteiger partial charge is 0.258 e. The van der Waals surface area contributed by atoms with E-state index < -0.39 is 17.6 Å². The zero-order chi connectivity index (χ0) is 14.7. The molecule has 4 nitrogen and oxygen atoms in total. The van der Waals surface area contributed by atoms with Crippen molar-refractivity contribution < 1.29 is 14.0 Å². The Bertz CT molecular complexity index is 683. The average Bonchev–Trinajstić information content (AvgIpc) is 2.41. The predicted octanol–water partition coefficient (Wildman–Crippen LogP) is 2.49. The normalized spacial score (nSPS) is 10.1. The van der Waals surface area contributed by atoms with Gasteiger partial charge >= 0.3 is 0 Å². The van der Waals surface area contributed by atoms with Gasteiger partial charge in [0.2, 0.25) is 5.91 Å². The molecule has 3 N–H and O–H groups in total. The third-order valence-electron chi connectivity index (χ3n) is 2.77. The quantitative estimate of drug-likeness (QED) is 0.901. The lowest BCUT2D eigenvalue weighted by Gasteiger charge is -2.07. The molecule has 0 spiro atoms. The number of nitrogens with two attached hydrogens (primary N) is 1. The number of primary amides is 1. The number of amides is 2. The first-order chi connectivity index (χ1) is 9.47. The van der Waals surface area contributed by atoms with E-state index in [2.05, 4.69) is 5.32 Å². The Morgan fingerprint density at radius 3 is 2.60 bits per heavy atom. The summed E-state index contributed by atoms with van der Waals surface area (Å²) in [4.78, 5) is 23.1. The molecule has 5 heteroatoms. The highest BCUT2D eigenvalue weighted by Crippen LogP contribution is 2.15. The molecule has 0 aromatic heterocycles. The summed E-state index contributed by atoms with van der Waals surface area (Å²) in [7, 11) is 0. The predicted molar refractivity (Wildman–Crippen MR) is 74.1 cm³/mol. The van der Waals surface area contributed by atoms with Crippen molar-refractivity contribution in [3.63, 3.8) is 0 Å². The molecule has 0 radical (unpaired) electrons. The lowest BCUT2D eigenvalue weighted by atomic mass is 10.1. The summed E-state index contributed by atoms with van der Waals surface area (Å²) in [6.45, 7) is 1.77. The number of hydrogen-bond acceptors (Lipinski definition) is 2. The number of nitrogens with one attached hydrogen (secondary N) is 1. The van der Waals surface area contributed by atoms with Gasteiger partial charge in [-0.1, -0.05) is 17.7 Å². The lowest BCUT2D eigenvalue weighted by Crippen LogP contribution is -2.15. The van der Waals surface area contributed by atoms with E-state index in [-0.39, 0.29) is 11.1 Å². The van der Waals surface area contributed by atoms with Crippen LogP contribution in [0.1, 0.15) is 26.3 Å². The second-order valence-electron chi connectivity index (χ2n) is 4.38. The number of benzene rings is 2. The van der Waals surface area contributed by atoms with Crippen molar-refractivity contribution in [2.45, 2.75) is 6.92 Å². The van der Waals surface area contributed by atoms with Crippen LogP contribution < -0.4 is 11.1 Å². The SMILES string of the molecule is Cc1ccc(F)c(C(=O)Nc2cccc(C(N)=O)c2)c1. The maximum absolute atomic E-state index is 13.6. The minimum Gasteiger partial charge on any atom is -0.366 e. The van der Waals surface area contributed by atoms with Crippen molar-refractivity contribution >= 4 is 17.5 Å². The maximum Gasteiger partial charge on any atom is 0.258 e. The van der Waals surface area contributed by atoms with E-state index in [0.717, 1.165) is 5.56 Å². The fourth-order valence-corrected chi connectivity index (χ4v) is 1.76. The molecule has 2 aromatic rings. The molecule has 0 saturated carbocycles. The monoisotopic (exact) mass is 272 g/mol. The second-order valence-corrected chi connectivity index (χ2v) is 4.38. The molecule has 0 aliphatic heterocycles. The zero-order valence-electron chi connectivity index (χ0n) is 10.8. The van der Waals surface area contributed by atoms with E-state index in [9.17, 15) is 14.0 Å². The highest BCUT2D eigenvalue weighted by atomic mass is 19.1. The number of anilines is 1. The van der Waals surface area contributed by atoms with Gasteiger partial charge in [-0.15, -0.1) is 0 Å². The van der Waals surface area contributed by atoms with Crippen molar-refractivity contribution in [3.8, 4) is 0 Å². The summed E-state index contributed by atoms with van der Waals surface area (Å²) >= 11 is 0. The van der Waals surface area contributed by atoms with E-state index in [0.29, 0.717) is 5.69 Å². The van der Waals surface area contributed by atoms with Crippen LogP contribution in [0.4, 0.5) is 10.1 Å². The summed E-state index contributed by atoms with van der Waals surface area (Å²) < 4.78 is 13.6. The van der Waals surface area contributed by atoms with Crippen molar-refractivity contribution in [1.29, 1.82) is 0 Å². The fourth-order valence-electron chi connectivity index (χ4n) is 1.76. The Kier molecular flexibility index (Phi) is 3.79. The molecule has 2 aromatic carbocycles. The molecule has 0 saturated heterocycles. The molecule has 0 unspecified atom stereocenters. The molecular weight excluding hydrogens is 259 g/mol. The number of hydrogen-bond donors (Lipinski definition) is 2. The third kappa shape index (κ3) is 3.00. The molecular formula is C15H13FN2O2. The van der Waals surface area contributed by atoms with E-state index >= 15 is 0 Å². The van der Waals surface area contributed by atoms with Gasteiger partial charge in [0, 0.05) is 11.3 Å². The molecule has 0 atom stereocenters. The summed E-state index contributed by atoms with van der Waals surface area (Å²) in [6, 6.07) is 10.4. The van der Waals surface area contributed by atoms with Gasteiger partial charge in [0.05, 0.1) is 5.56 Å². The largest absolute Gasteiger partial charge is 0.366 e. The van der Waals surface area contributed by atoms with Crippen molar-refractivity contribution in [1.82, 2.24) is 0 Å². The van der Waals surface area contributed by atoms with Crippen LogP contribution in [0.5, 0.6) is 0 Å². The van der Waals surface area contributed by atoms with Crippen molar-refractivity contribution in [3.05, 3.63) is 65.0 Å². The van der Waals surface area contributed by atoms with Crippen LogP contribution in [-0.4, -0.2) is 11.8 Å². The lowest BCUT2D eigenvalue weighted by molar-refractivity contribution is 0.0995. The van der Waals surface area contributed by atoms with Crippen LogP contribution in [0.15, 0.2) is 42.5 Å². The topological polar surface area (TPSA) is 72.2 Å². The molecule has 0 fully saturated rings. The number of carbonyl (C=O) groups is 2. The molecule has 0 aliphatic rings. The molecule has 2 amide bonds. The first-order valence-electron chi connectivity index (χ1n) is 5.95. The van der Waals surface area contributed by atoms with Crippen LogP contribution in [0, 0.1) is 12.7 Å². The number of aryl methyl sites for hydroxylation is 1. The number of halogens is 1. The van der Waals surface area contributed by atoms with Crippen LogP contribution in [0.3, 0.4) is 0 Å². The Morgan fingerprint density at radius 2 is 1.90 bits per heavy atom. The summed E-state index contributed by atoms with van der Waals surface area (Å²) in [5.41, 5.74) is 6.54. The van der Waals surface area contributed by atoms with Crippen LogP contribution in [0.25, 0.3) is 0 Å². The van der Waals surface area contributed by atoms with Gasteiger partial charge in [0.1, 0.15) is 5.82 Å². The Labute approximate surface area is 115 Å². The van der Waals surface area contributed by atoms with Crippen LogP contribution >= 0.6 is 0 Å². The van der Waals surface area contributed by atoms with E-state index in [4.69, 9.17) is 5.73 Å². The van der Waals surface area contributed by atoms with E-state index in [1.54, 1.807) is 25.1 Å². The first kappa shape index (κ1) is 13.7. The Morgan fingerprint density at radius 1 is 1.15 bits per heavy atom. The minimum atomic E-state index is -0.598. The molecule has 0 aliphatic carbocycles. The number of carbonyl (C=O) groups excluding carboxylic acids is 2. The van der Waals surface area contributed by atoms with Crippen molar-refractivity contribution in [2.24, 2.45) is 5.73 Å². The van der Waals surface area contributed by atoms with Gasteiger partial charge in [0.25, 0.3) is 5.91 Å². The van der Waals surface area contributed by atoms with E-state index in [1.807, 2.05) is 0 Å². The number of rotatable bonds is 3. The third-order valence-corrected chi connectivity index (χ3v) is 2.77. The highest BCUT2D eigenvalue weighted by Gasteiger charge is 2.12. The molecule has 2 rings (SSSR count). The Balaban J connectivity index is 2.25. The standard InChI is InChI=1S/C15H13FN2O2/c1-9-5-6-13(16)12(7-9)15(20)18-11-4-2-3-10(8-11)14(17)19/h2-8H,1H3,(H2,17,19)(H,18,20). The summed E-state index contributed by atoms with van der Waals surface area (Å²) in [5, 5.41) is 2.53. The van der Waals surface area contributed by atoms with Gasteiger partial charge < -0.3 is 11.1 Å². The fraction of sp³-hybridized carbons (Fsp3) is 0.0667. The zero-order valence-corrected chi connectivity index (χ0v) is 10.8. The van der Waals surface area contributed by atoms with Crippen LogP contribution in [0.2, 0.25) is 0 Å². The van der Waals surface area contributed by atoms with Gasteiger partial charge in [-0.2, -0.15) is 0 Å². The van der Waals surface area contributed by atoms with Crippen molar-refractivity contribution in [2.75, 3.05) is 5.32 Å². The molecule has 0 bridgehead atoms. The van der Waals surface area contributed by atoms with Gasteiger partial charge in [0.15, 0.2) is 0 Å². The average molecular weight is 272 g/mol. The molecule has 0 heterocycles. The molecule has 102 valence electrons. The molecule has 20 heavy (non-hydrogen) atoms. The van der Waals surface area contributed by atoms with Crippen LogP contribution in [-0.2, 0) is 0 Å². The minimum absolute atomic E-state index is 0.0468. The summed E-state index contributed by atoms with van der Waals surface area (Å²) in [6.07, 6.45) is 0. The summed E-state index contributed by atoms with van der Waals surface area (Å²) in [5.74, 6) is -1.77. The Hall–Kier alpha value is -2.69. The van der Waals surface area contributed by atoms with E-state index in [1.165, 1.54) is 24.3 Å².